The van der Waals surface area contributed by atoms with E-state index in [1.165, 1.54) is 19.1 Å². The summed E-state index contributed by atoms with van der Waals surface area (Å²) in [6.45, 7) is 7.84. The van der Waals surface area contributed by atoms with Gasteiger partial charge in [-0.05, 0) is 68.8 Å². The molecule has 0 aromatic heterocycles. The van der Waals surface area contributed by atoms with E-state index in [1.807, 2.05) is 55.5 Å². The van der Waals surface area contributed by atoms with Crippen LogP contribution in [0.25, 0.3) is 5.76 Å². The third-order valence-corrected chi connectivity index (χ3v) is 6.76. The summed E-state index contributed by atoms with van der Waals surface area (Å²) in [6, 6.07) is 19.3. The molecule has 1 amide bonds. The van der Waals surface area contributed by atoms with Gasteiger partial charge < -0.3 is 19.5 Å². The molecule has 7 heteroatoms. The Hall–Kier alpha value is -4.26. The zero-order valence-corrected chi connectivity index (χ0v) is 21.8. The maximum absolute atomic E-state index is 13.5. The number of ether oxygens (including phenoxy) is 2. The number of aryl methyl sites for hydroxylation is 1. The van der Waals surface area contributed by atoms with Gasteiger partial charge in [-0.2, -0.15) is 0 Å². The number of benzene rings is 3. The number of aliphatic hydroxyl groups excluding tert-OH is 1. The van der Waals surface area contributed by atoms with E-state index in [4.69, 9.17) is 9.47 Å². The lowest BCUT2D eigenvalue weighted by molar-refractivity contribution is -0.132. The molecule has 0 aliphatic carbocycles. The molecule has 0 bridgehead atoms. The van der Waals surface area contributed by atoms with Crippen LogP contribution in [0, 0.1) is 6.92 Å². The Labute approximate surface area is 217 Å². The van der Waals surface area contributed by atoms with E-state index >= 15 is 0 Å². The predicted octanol–water partition coefficient (Wildman–Crippen LogP) is 5.48. The van der Waals surface area contributed by atoms with E-state index in [9.17, 15) is 14.7 Å². The summed E-state index contributed by atoms with van der Waals surface area (Å²) in [5, 5.41) is 11.5. The number of amides is 1. The lowest BCUT2D eigenvalue weighted by Crippen LogP contribution is -2.29. The molecular formula is C30H32N2O5. The fraction of sp³-hybridized carbons (Fsp3) is 0.267. The minimum atomic E-state index is -0.829. The molecule has 37 heavy (non-hydrogen) atoms. The van der Waals surface area contributed by atoms with Crippen LogP contribution in [0.15, 0.2) is 72.3 Å². The van der Waals surface area contributed by atoms with E-state index in [0.717, 1.165) is 24.3 Å². The molecule has 1 N–H and O–H groups in total. The fourth-order valence-electron chi connectivity index (χ4n) is 4.72. The van der Waals surface area contributed by atoms with E-state index in [-0.39, 0.29) is 16.9 Å². The second kappa shape index (κ2) is 10.8. The number of ketones is 1. The number of carbonyl (C=O) groups is 2. The van der Waals surface area contributed by atoms with Crippen molar-refractivity contribution in [3.63, 3.8) is 0 Å². The molecule has 1 saturated heterocycles. The molecule has 3 aromatic rings. The normalized spacial score (nSPS) is 16.7. The van der Waals surface area contributed by atoms with Crippen LogP contribution in [0.4, 0.5) is 11.4 Å². The largest absolute Gasteiger partial charge is 0.507 e. The number of aliphatic hydroxyl groups is 1. The average Bonchev–Trinajstić information content (AvgIpc) is 3.19. The molecule has 3 aromatic carbocycles. The minimum absolute atomic E-state index is 0.00674. The van der Waals surface area contributed by atoms with Crippen molar-refractivity contribution in [1.82, 2.24) is 0 Å². The van der Waals surface area contributed by atoms with Crippen molar-refractivity contribution in [2.75, 3.05) is 37.1 Å². The van der Waals surface area contributed by atoms with Crippen molar-refractivity contribution in [2.45, 2.75) is 26.8 Å². The average molecular weight is 501 g/mol. The summed E-state index contributed by atoms with van der Waals surface area (Å²) in [7, 11) is 2.99. The van der Waals surface area contributed by atoms with Crippen LogP contribution in [0.2, 0.25) is 0 Å². The maximum atomic E-state index is 13.5. The lowest BCUT2D eigenvalue weighted by atomic mass is 9.94. The third-order valence-electron chi connectivity index (χ3n) is 6.76. The first-order valence-electron chi connectivity index (χ1n) is 12.3. The predicted molar refractivity (Wildman–Crippen MR) is 146 cm³/mol. The first kappa shape index (κ1) is 25.8. The highest BCUT2D eigenvalue weighted by Gasteiger charge is 2.47. The zero-order valence-electron chi connectivity index (χ0n) is 21.8. The molecule has 1 heterocycles. The monoisotopic (exact) mass is 500 g/mol. The number of methoxy groups -OCH3 is 2. The van der Waals surface area contributed by atoms with Crippen molar-refractivity contribution in [3.8, 4) is 11.5 Å². The van der Waals surface area contributed by atoms with Gasteiger partial charge in [0.15, 0.2) is 0 Å². The number of carbonyl (C=O) groups excluding carboxylic acids is 2. The van der Waals surface area contributed by atoms with Crippen LogP contribution < -0.4 is 19.3 Å². The standard InChI is InChI=1S/C30H32N2O5/c1-6-31(7-2)21-14-10-20(11-15-21)27-26(28(33)24-18-23(36-4)16-17-25(24)37-5)29(34)30(35)32(27)22-12-8-19(3)9-13-22/h8-18,27,33H,6-7H2,1-5H3/b28-26+. The Morgan fingerprint density at radius 3 is 2.14 bits per heavy atom. The number of nitrogens with zero attached hydrogens (tertiary/aromatic N) is 2. The molecule has 1 aliphatic heterocycles. The molecule has 1 unspecified atom stereocenters. The quantitative estimate of drug-likeness (QED) is 0.251. The molecular weight excluding hydrogens is 468 g/mol. The number of anilines is 2. The summed E-state index contributed by atoms with van der Waals surface area (Å²) < 4.78 is 10.8. The van der Waals surface area contributed by atoms with Gasteiger partial charge in [0.1, 0.15) is 17.3 Å². The highest BCUT2D eigenvalue weighted by molar-refractivity contribution is 6.51. The zero-order chi connectivity index (χ0) is 26.7. The second-order valence-electron chi connectivity index (χ2n) is 8.83. The van der Waals surface area contributed by atoms with Crippen molar-refractivity contribution in [3.05, 3.63) is 89.0 Å². The SMILES string of the molecule is CCN(CC)c1ccc(C2/C(=C(\O)c3cc(OC)ccc3OC)C(=O)C(=O)N2c2ccc(C)cc2)cc1. The molecule has 0 radical (unpaired) electrons. The van der Waals surface area contributed by atoms with Crippen LogP contribution >= 0.6 is 0 Å². The molecule has 192 valence electrons. The third kappa shape index (κ3) is 4.77. The molecule has 7 nitrogen and oxygen atoms in total. The van der Waals surface area contributed by atoms with E-state index in [2.05, 4.69) is 18.7 Å². The van der Waals surface area contributed by atoms with Crippen molar-refractivity contribution >= 4 is 28.8 Å². The van der Waals surface area contributed by atoms with Crippen LogP contribution in [0.5, 0.6) is 11.5 Å². The van der Waals surface area contributed by atoms with Gasteiger partial charge in [-0.3, -0.25) is 14.5 Å². The van der Waals surface area contributed by atoms with Gasteiger partial charge in [-0.1, -0.05) is 29.8 Å². The number of hydrogen-bond acceptors (Lipinski definition) is 6. The Balaban J connectivity index is 1.94. The van der Waals surface area contributed by atoms with Gasteiger partial charge in [0.05, 0.1) is 31.4 Å². The van der Waals surface area contributed by atoms with Crippen LogP contribution in [-0.4, -0.2) is 44.1 Å². The molecule has 4 rings (SSSR count). The minimum Gasteiger partial charge on any atom is -0.507 e. The van der Waals surface area contributed by atoms with Gasteiger partial charge in [0.25, 0.3) is 11.7 Å². The van der Waals surface area contributed by atoms with E-state index in [0.29, 0.717) is 22.7 Å². The Kier molecular flexibility index (Phi) is 7.53. The molecule has 0 spiro atoms. The summed E-state index contributed by atoms with van der Waals surface area (Å²) in [6.07, 6.45) is 0. The lowest BCUT2D eigenvalue weighted by Gasteiger charge is -2.27. The van der Waals surface area contributed by atoms with Crippen LogP contribution in [0.3, 0.4) is 0 Å². The second-order valence-corrected chi connectivity index (χ2v) is 8.83. The smallest absolute Gasteiger partial charge is 0.300 e. The Morgan fingerprint density at radius 1 is 0.919 bits per heavy atom. The van der Waals surface area contributed by atoms with Crippen LogP contribution in [0.1, 0.15) is 36.6 Å². The molecule has 1 fully saturated rings. The maximum Gasteiger partial charge on any atom is 0.300 e. The van der Waals surface area contributed by atoms with Crippen molar-refractivity contribution < 1.29 is 24.2 Å². The summed E-state index contributed by atoms with van der Waals surface area (Å²) in [5.74, 6) is -0.946. The van der Waals surface area contributed by atoms with E-state index in [1.54, 1.807) is 18.2 Å². The highest BCUT2D eigenvalue weighted by atomic mass is 16.5. The van der Waals surface area contributed by atoms with Crippen LogP contribution in [-0.2, 0) is 9.59 Å². The fourth-order valence-corrected chi connectivity index (χ4v) is 4.72. The number of rotatable bonds is 8. The molecule has 1 aliphatic rings. The van der Waals surface area contributed by atoms with Crippen molar-refractivity contribution in [1.29, 1.82) is 0 Å². The van der Waals surface area contributed by atoms with Gasteiger partial charge in [0, 0.05) is 24.5 Å². The summed E-state index contributed by atoms with van der Waals surface area (Å²) in [5.41, 5.74) is 3.61. The van der Waals surface area contributed by atoms with Crippen molar-refractivity contribution in [2.24, 2.45) is 0 Å². The summed E-state index contributed by atoms with van der Waals surface area (Å²) >= 11 is 0. The van der Waals surface area contributed by atoms with Gasteiger partial charge in [-0.25, -0.2) is 0 Å². The molecule has 0 saturated carbocycles. The van der Waals surface area contributed by atoms with E-state index < -0.39 is 17.7 Å². The highest BCUT2D eigenvalue weighted by Crippen LogP contribution is 2.44. The summed E-state index contributed by atoms with van der Waals surface area (Å²) in [4.78, 5) is 30.6. The number of hydrogen-bond donors (Lipinski definition) is 1. The number of Topliss-reactive ketones (excluding diaryl/α,β-unsaturated/α-hetero) is 1. The van der Waals surface area contributed by atoms with Gasteiger partial charge >= 0.3 is 0 Å². The Morgan fingerprint density at radius 2 is 1.57 bits per heavy atom. The molecule has 1 atom stereocenters. The topological polar surface area (TPSA) is 79.3 Å². The van der Waals surface area contributed by atoms with Gasteiger partial charge in [-0.15, -0.1) is 0 Å². The first-order valence-corrected chi connectivity index (χ1v) is 12.3. The van der Waals surface area contributed by atoms with Gasteiger partial charge in [0.2, 0.25) is 0 Å². The first-order chi connectivity index (χ1) is 17.8. The Bertz CT molecular complexity index is 1330.